The van der Waals surface area contributed by atoms with Gasteiger partial charge in [-0.05, 0) is 117 Å². The number of hydrogen-bond acceptors (Lipinski definition) is 14. The number of aliphatic hydroxyl groups is 4. The van der Waals surface area contributed by atoms with Crippen LogP contribution < -0.4 is 5.32 Å². The number of ether oxygens (including phenoxy) is 6. The van der Waals surface area contributed by atoms with Gasteiger partial charge in [0.15, 0.2) is 12.6 Å². The Morgan fingerprint density at radius 1 is 0.938 bits per heavy atom. The Morgan fingerprint density at radius 3 is 2.14 bits per heavy atom. The van der Waals surface area contributed by atoms with Crippen LogP contribution in [0.1, 0.15) is 121 Å². The fourth-order valence-corrected chi connectivity index (χ4v) is 11.0. The van der Waals surface area contributed by atoms with Gasteiger partial charge in [0, 0.05) is 57.2 Å². The first-order valence-electron chi connectivity index (χ1n) is 23.9. The van der Waals surface area contributed by atoms with E-state index in [1.54, 1.807) is 27.7 Å². The molecule has 0 spiro atoms. The molecular formula is C49H85F2N3O11. The molecule has 0 unspecified atom stereocenters. The van der Waals surface area contributed by atoms with E-state index in [9.17, 15) is 34.0 Å². The molecule has 0 bridgehead atoms. The van der Waals surface area contributed by atoms with E-state index >= 15 is 0 Å². The Bertz CT molecular complexity index is 1660. The number of aliphatic hydroxyl groups excluding tert-OH is 2. The van der Waals surface area contributed by atoms with Crippen LogP contribution in [0.4, 0.5) is 8.78 Å². The molecule has 0 radical (unpaired) electrons. The molecule has 17 atom stereocenters. The summed E-state index contributed by atoms with van der Waals surface area (Å²) >= 11 is 0. The van der Waals surface area contributed by atoms with Crippen molar-refractivity contribution in [2.24, 2.45) is 23.2 Å². The number of carbonyl (C=O) groups is 1. The van der Waals surface area contributed by atoms with Gasteiger partial charge in [-0.25, -0.2) is 8.78 Å². The Hall–Kier alpha value is -1.93. The fourth-order valence-electron chi connectivity index (χ4n) is 11.0. The molecule has 0 aliphatic carbocycles. The number of halogens is 2. The van der Waals surface area contributed by atoms with Crippen molar-refractivity contribution in [2.75, 3.05) is 40.8 Å². The molecule has 3 fully saturated rings. The molecule has 5 N–H and O–H groups in total. The largest absolute Gasteiger partial charge is 0.459 e. The highest BCUT2D eigenvalue weighted by molar-refractivity contribution is 5.73. The number of benzene rings is 1. The topological polar surface area (TPSA) is 172 Å². The molecule has 16 heteroatoms. The van der Waals surface area contributed by atoms with Crippen LogP contribution in [0.25, 0.3) is 0 Å². The highest BCUT2D eigenvalue weighted by atomic mass is 19.1. The van der Waals surface area contributed by atoms with Gasteiger partial charge in [-0.2, -0.15) is 0 Å². The number of carbonyl (C=O) groups excluding carboxylic acids is 1. The molecule has 65 heavy (non-hydrogen) atoms. The van der Waals surface area contributed by atoms with E-state index in [1.807, 2.05) is 39.8 Å². The van der Waals surface area contributed by atoms with Gasteiger partial charge in [-0.1, -0.05) is 41.5 Å². The third kappa shape index (κ3) is 12.8. The molecule has 14 nitrogen and oxygen atoms in total. The van der Waals surface area contributed by atoms with Crippen LogP contribution in [0, 0.1) is 34.8 Å². The van der Waals surface area contributed by atoms with Crippen LogP contribution in [-0.4, -0.2) is 161 Å². The van der Waals surface area contributed by atoms with E-state index in [0.29, 0.717) is 24.9 Å². The summed E-state index contributed by atoms with van der Waals surface area (Å²) in [5.41, 5.74) is -5.06. The molecule has 0 aromatic heterocycles. The van der Waals surface area contributed by atoms with Gasteiger partial charge in [-0.15, -0.1) is 0 Å². The molecular weight excluding hydrogens is 845 g/mol. The Kier molecular flexibility index (Phi) is 19.4. The number of hydrogen-bond donors (Lipinski definition) is 5. The average Bonchev–Trinajstić information content (AvgIpc) is 3.21. The fraction of sp³-hybridized carbons (Fsp3) is 0.857. The van der Waals surface area contributed by atoms with Crippen molar-refractivity contribution in [3.8, 4) is 0 Å². The summed E-state index contributed by atoms with van der Waals surface area (Å²) in [5, 5.41) is 51.0. The lowest BCUT2D eigenvalue weighted by atomic mass is 9.72. The van der Waals surface area contributed by atoms with Gasteiger partial charge in [0.05, 0.1) is 36.4 Å². The molecule has 0 saturated carbocycles. The first-order valence-corrected chi connectivity index (χ1v) is 23.9. The minimum Gasteiger partial charge on any atom is -0.459 e. The average molecular weight is 930 g/mol. The van der Waals surface area contributed by atoms with Crippen molar-refractivity contribution in [3.05, 3.63) is 35.4 Å². The normalized spacial score (nSPS) is 41.7. The SMILES string of the molecule is CCCN1C[C@H](C)[C@@H](O)[C@](C)(O)[C@@H](CC)OC(=O)[C@H](C)[C@H](O[C@@H]2C[C@](C)(OC)[C@@](O)(CNCc3cc(F)cc(F)c3)[C@H](C)O2)[C@H](C)[C@@H](O[C@@H]2O[C@H](C)C[C@H](N(C)C)[C@H]2O)C(C)(C)C[C@H]1C. The van der Waals surface area contributed by atoms with Crippen LogP contribution in [0.2, 0.25) is 0 Å². The van der Waals surface area contributed by atoms with Crippen molar-refractivity contribution >= 4 is 5.97 Å². The summed E-state index contributed by atoms with van der Waals surface area (Å²) in [5.74, 6) is -4.09. The van der Waals surface area contributed by atoms with Gasteiger partial charge in [0.2, 0.25) is 0 Å². The minimum absolute atomic E-state index is 0.00634. The van der Waals surface area contributed by atoms with Crippen LogP contribution >= 0.6 is 0 Å². The van der Waals surface area contributed by atoms with Gasteiger partial charge >= 0.3 is 5.97 Å². The number of nitrogens with one attached hydrogen (secondary N) is 1. The molecule has 4 rings (SSSR count). The van der Waals surface area contributed by atoms with E-state index in [2.05, 4.69) is 37.9 Å². The molecule has 1 aromatic carbocycles. The van der Waals surface area contributed by atoms with Crippen molar-refractivity contribution in [1.29, 1.82) is 0 Å². The monoisotopic (exact) mass is 930 g/mol. The molecule has 1 aromatic rings. The Labute approximate surface area is 388 Å². The molecule has 3 aliphatic heterocycles. The zero-order valence-electron chi connectivity index (χ0n) is 42.0. The van der Waals surface area contributed by atoms with Crippen molar-refractivity contribution in [3.63, 3.8) is 0 Å². The molecule has 376 valence electrons. The number of rotatable bonds is 13. The van der Waals surface area contributed by atoms with Crippen molar-refractivity contribution < 1.29 is 62.4 Å². The number of nitrogens with zero attached hydrogens (tertiary/aromatic N) is 2. The lowest BCUT2D eigenvalue weighted by molar-refractivity contribution is -0.334. The predicted octanol–water partition coefficient (Wildman–Crippen LogP) is 5.39. The van der Waals surface area contributed by atoms with E-state index < -0.39 is 107 Å². The predicted molar refractivity (Wildman–Crippen MR) is 244 cm³/mol. The third-order valence-corrected chi connectivity index (χ3v) is 15.0. The standard InChI is InChI=1S/C49H85F2N3O11/c1-16-18-54-26-28(3)42(56)48(12,58)38(17-2)63-44(57)32(7)41(31(6)43(46(9,10)23-29(54)4)65-45-40(55)37(53(13)14)19-30(5)61-45)64-39-24-47(11,60-15)49(59,33(8)62-39)27-52-25-34-20-35(50)22-36(51)21-34/h20-22,28-33,37-43,45,52,55-56,58-59H,16-19,23-27H2,1-15H3/t28-,29+,30+,31-,32+,33-,37-,38+,39+,40+,41+,42+,43+,45-,47-,48+,49+/m0/s1. The molecule has 3 saturated heterocycles. The summed E-state index contributed by atoms with van der Waals surface area (Å²) in [7, 11) is 5.32. The molecule has 3 heterocycles. The Morgan fingerprint density at radius 2 is 1.57 bits per heavy atom. The van der Waals surface area contributed by atoms with Crippen molar-refractivity contribution in [1.82, 2.24) is 15.1 Å². The summed E-state index contributed by atoms with van der Waals surface area (Å²) in [6.07, 6.45) is -5.91. The number of cyclic esters (lactones) is 1. The summed E-state index contributed by atoms with van der Waals surface area (Å²) in [4.78, 5) is 18.9. The first kappa shape index (κ1) is 55.7. The lowest BCUT2D eigenvalue weighted by Gasteiger charge is -2.54. The first-order chi connectivity index (χ1) is 30.2. The minimum atomic E-state index is -1.80. The highest BCUT2D eigenvalue weighted by Crippen LogP contribution is 2.45. The molecule has 0 amide bonds. The van der Waals surface area contributed by atoms with Gasteiger partial charge in [-0.3, -0.25) is 4.79 Å². The van der Waals surface area contributed by atoms with Gasteiger partial charge in [0.25, 0.3) is 0 Å². The lowest BCUT2D eigenvalue weighted by Crippen LogP contribution is -2.70. The van der Waals surface area contributed by atoms with E-state index in [4.69, 9.17) is 28.4 Å². The van der Waals surface area contributed by atoms with E-state index in [-0.39, 0.29) is 44.1 Å². The van der Waals surface area contributed by atoms with Crippen LogP contribution in [0.15, 0.2) is 18.2 Å². The number of likely N-dealkylation sites (N-methyl/N-ethyl adjacent to an activating group) is 1. The maximum atomic E-state index is 14.6. The van der Waals surface area contributed by atoms with Crippen molar-refractivity contribution in [2.45, 2.75) is 206 Å². The number of esters is 1. The summed E-state index contributed by atoms with van der Waals surface area (Å²) in [6, 6.07) is 2.95. The quantitative estimate of drug-likeness (QED) is 0.160. The van der Waals surface area contributed by atoms with Crippen LogP contribution in [0.3, 0.4) is 0 Å². The zero-order valence-corrected chi connectivity index (χ0v) is 42.0. The second-order valence-corrected chi connectivity index (χ2v) is 21.0. The maximum absolute atomic E-state index is 14.6. The third-order valence-electron chi connectivity index (χ3n) is 15.0. The Balaban J connectivity index is 1.80. The van der Waals surface area contributed by atoms with E-state index in [0.717, 1.165) is 19.0 Å². The second kappa shape index (κ2) is 22.7. The second-order valence-electron chi connectivity index (χ2n) is 21.0. The van der Waals surface area contributed by atoms with E-state index in [1.165, 1.54) is 26.2 Å². The summed E-state index contributed by atoms with van der Waals surface area (Å²) < 4.78 is 67.2. The van der Waals surface area contributed by atoms with Crippen LogP contribution in [-0.2, 0) is 39.8 Å². The maximum Gasteiger partial charge on any atom is 0.311 e. The molecule has 3 aliphatic rings. The summed E-state index contributed by atoms with van der Waals surface area (Å²) in [6.45, 7) is 23.9. The number of methoxy groups -OCH3 is 1. The smallest absolute Gasteiger partial charge is 0.311 e. The van der Waals surface area contributed by atoms with Gasteiger partial charge < -0.3 is 64.0 Å². The zero-order chi connectivity index (χ0) is 49.0. The highest BCUT2D eigenvalue weighted by Gasteiger charge is 2.58. The van der Waals surface area contributed by atoms with Crippen LogP contribution in [0.5, 0.6) is 0 Å². The van der Waals surface area contributed by atoms with Gasteiger partial charge in [0.1, 0.15) is 40.6 Å².